The summed E-state index contributed by atoms with van der Waals surface area (Å²) in [7, 11) is 0. The van der Waals surface area contributed by atoms with E-state index in [1.54, 1.807) is 24.3 Å². The highest BCUT2D eigenvalue weighted by Crippen LogP contribution is 2.30. The molecule has 9 heteroatoms. The third-order valence-corrected chi connectivity index (χ3v) is 4.55. The number of imide groups is 1. The third kappa shape index (κ3) is 3.90. The van der Waals surface area contributed by atoms with Crippen LogP contribution in [0.1, 0.15) is 19.6 Å². The van der Waals surface area contributed by atoms with Gasteiger partial charge in [0.2, 0.25) is 0 Å². The summed E-state index contributed by atoms with van der Waals surface area (Å²) in [6.07, 6.45) is 0.473. The Morgan fingerprint density at radius 3 is 2.47 bits per heavy atom. The number of nitro benzene ring substituents is 1. The van der Waals surface area contributed by atoms with Crippen LogP contribution in [-0.4, -0.2) is 39.4 Å². The van der Waals surface area contributed by atoms with Gasteiger partial charge in [-0.15, -0.1) is 0 Å². The van der Waals surface area contributed by atoms with Gasteiger partial charge in [0.15, 0.2) is 0 Å². The van der Waals surface area contributed by atoms with E-state index in [1.165, 1.54) is 32.1 Å². The zero-order chi connectivity index (χ0) is 22.0. The number of aliphatic hydroxyl groups excluding tert-OH is 1. The molecule has 3 rings (SSSR count). The lowest BCUT2D eigenvalue weighted by molar-refractivity contribution is -0.384. The van der Waals surface area contributed by atoms with Crippen molar-refractivity contribution in [2.24, 2.45) is 0 Å². The van der Waals surface area contributed by atoms with Gasteiger partial charge in [0.05, 0.1) is 17.6 Å². The zero-order valence-electron chi connectivity index (χ0n) is 16.2. The predicted molar refractivity (Wildman–Crippen MR) is 105 cm³/mol. The molecule has 0 fully saturated rings. The Hall–Kier alpha value is -4.03. The fraction of sp³-hybridized carbons (Fsp3) is 0.190. The van der Waals surface area contributed by atoms with E-state index < -0.39 is 22.8 Å². The van der Waals surface area contributed by atoms with E-state index in [0.717, 1.165) is 4.90 Å². The number of furan rings is 1. The Morgan fingerprint density at radius 2 is 1.90 bits per heavy atom. The number of hydrogen-bond acceptors (Lipinski definition) is 7. The largest absolute Gasteiger partial charge is 0.457 e. The molecule has 0 radical (unpaired) electrons. The molecular formula is C21H17N3O6. The van der Waals surface area contributed by atoms with Crippen molar-refractivity contribution in [3.8, 4) is 17.4 Å². The molecule has 152 valence electrons. The van der Waals surface area contributed by atoms with Gasteiger partial charge in [-0.3, -0.25) is 24.6 Å². The van der Waals surface area contributed by atoms with Gasteiger partial charge in [-0.2, -0.15) is 5.26 Å². The van der Waals surface area contributed by atoms with Gasteiger partial charge in [-0.05, 0) is 49.8 Å². The number of nitrogens with zero attached hydrogens (tertiary/aromatic N) is 3. The van der Waals surface area contributed by atoms with E-state index in [9.17, 15) is 30.1 Å². The zero-order valence-corrected chi connectivity index (χ0v) is 16.2. The molecule has 1 aliphatic heterocycles. The molecule has 0 spiro atoms. The molecule has 0 saturated carbocycles. The summed E-state index contributed by atoms with van der Waals surface area (Å²) in [5.41, 5.74) is 0.715. The maximum absolute atomic E-state index is 12.8. The molecule has 2 heterocycles. The molecule has 1 unspecified atom stereocenters. The third-order valence-electron chi connectivity index (χ3n) is 4.55. The van der Waals surface area contributed by atoms with Crippen LogP contribution in [0.5, 0.6) is 0 Å². The maximum Gasteiger partial charge on any atom is 0.271 e. The van der Waals surface area contributed by atoms with Gasteiger partial charge in [-0.1, -0.05) is 0 Å². The normalized spacial score (nSPS) is 16.7. The van der Waals surface area contributed by atoms with Crippen LogP contribution in [0, 0.1) is 21.4 Å². The smallest absolute Gasteiger partial charge is 0.271 e. The molecule has 30 heavy (non-hydrogen) atoms. The molecular weight excluding hydrogens is 390 g/mol. The second kappa shape index (κ2) is 8.14. The van der Waals surface area contributed by atoms with Gasteiger partial charge < -0.3 is 9.52 Å². The van der Waals surface area contributed by atoms with Gasteiger partial charge >= 0.3 is 0 Å². The predicted octanol–water partition coefficient (Wildman–Crippen LogP) is 2.83. The highest BCUT2D eigenvalue weighted by molar-refractivity contribution is 6.19. The summed E-state index contributed by atoms with van der Waals surface area (Å²) in [6, 6.07) is 10.9. The molecule has 1 aliphatic rings. The molecule has 9 nitrogen and oxygen atoms in total. The van der Waals surface area contributed by atoms with Crippen molar-refractivity contribution in [1.82, 2.24) is 4.90 Å². The number of benzene rings is 1. The first-order valence-electron chi connectivity index (χ1n) is 8.95. The lowest BCUT2D eigenvalue weighted by Gasteiger charge is -2.28. The minimum atomic E-state index is -0.949. The monoisotopic (exact) mass is 407 g/mol. The minimum Gasteiger partial charge on any atom is -0.457 e. The minimum absolute atomic E-state index is 0.0480. The Bertz CT molecular complexity index is 1130. The number of nitro groups is 1. The summed E-state index contributed by atoms with van der Waals surface area (Å²) < 4.78 is 5.72. The molecule has 0 bridgehead atoms. The van der Waals surface area contributed by atoms with E-state index in [1.807, 2.05) is 6.07 Å². The SMILES string of the molecule is CC1=C(C#N)C(=O)N(CC(C)O)C(=O)/C1=C/c1ccc(-c2ccc([N+](=O)[O-])cc2)o1. The number of amides is 2. The van der Waals surface area contributed by atoms with E-state index >= 15 is 0 Å². The van der Waals surface area contributed by atoms with E-state index in [0.29, 0.717) is 17.1 Å². The number of aliphatic hydroxyl groups is 1. The van der Waals surface area contributed by atoms with Crippen molar-refractivity contribution in [3.05, 3.63) is 69.0 Å². The molecule has 1 aromatic carbocycles. The second-order valence-corrected chi connectivity index (χ2v) is 6.75. The molecule has 1 aromatic heterocycles. The van der Waals surface area contributed by atoms with Crippen molar-refractivity contribution < 1.29 is 24.0 Å². The number of non-ortho nitro benzene ring substituents is 1. The standard InChI is InChI=1S/C21H17N3O6/c1-12(25)11-23-20(26)17(13(2)18(10-22)21(23)27)9-16-7-8-19(30-16)14-3-5-15(6-4-14)24(28)29/h3-9,12,25H,11H2,1-2H3/b17-9+. The van der Waals surface area contributed by atoms with E-state index in [2.05, 4.69) is 0 Å². The van der Waals surface area contributed by atoms with Crippen molar-refractivity contribution in [1.29, 1.82) is 5.26 Å². The van der Waals surface area contributed by atoms with Gasteiger partial charge in [0.25, 0.3) is 17.5 Å². The Kier molecular flexibility index (Phi) is 5.62. The lowest BCUT2D eigenvalue weighted by Crippen LogP contribution is -2.45. The number of carbonyl (C=O) groups excluding carboxylic acids is 2. The highest BCUT2D eigenvalue weighted by Gasteiger charge is 2.36. The van der Waals surface area contributed by atoms with Gasteiger partial charge in [-0.25, -0.2) is 0 Å². The topological polar surface area (TPSA) is 138 Å². The molecule has 1 atom stereocenters. The van der Waals surface area contributed by atoms with Gasteiger partial charge in [0, 0.05) is 23.3 Å². The second-order valence-electron chi connectivity index (χ2n) is 6.75. The fourth-order valence-corrected chi connectivity index (χ4v) is 3.03. The molecule has 0 aliphatic carbocycles. The number of hydrogen-bond donors (Lipinski definition) is 1. The summed E-state index contributed by atoms with van der Waals surface area (Å²) in [5, 5.41) is 29.7. The van der Waals surface area contributed by atoms with Crippen LogP contribution < -0.4 is 0 Å². The molecule has 2 aromatic rings. The summed E-state index contributed by atoms with van der Waals surface area (Å²) >= 11 is 0. The van der Waals surface area contributed by atoms with Crippen molar-refractivity contribution in [3.63, 3.8) is 0 Å². The summed E-state index contributed by atoms with van der Waals surface area (Å²) in [6.45, 7) is 2.70. The van der Waals surface area contributed by atoms with Crippen LogP contribution in [-0.2, 0) is 9.59 Å². The summed E-state index contributed by atoms with van der Waals surface area (Å²) in [4.78, 5) is 36.3. The first-order valence-corrected chi connectivity index (χ1v) is 8.95. The van der Waals surface area contributed by atoms with E-state index in [-0.39, 0.29) is 29.0 Å². The van der Waals surface area contributed by atoms with Crippen LogP contribution in [0.15, 0.2) is 57.5 Å². The Labute approximate surface area is 171 Å². The number of carbonyl (C=O) groups is 2. The molecule has 2 amide bonds. The molecule has 0 saturated heterocycles. The average molecular weight is 407 g/mol. The van der Waals surface area contributed by atoms with E-state index in [4.69, 9.17) is 4.42 Å². The fourth-order valence-electron chi connectivity index (χ4n) is 3.03. The van der Waals surface area contributed by atoms with Crippen molar-refractivity contribution in [2.45, 2.75) is 20.0 Å². The van der Waals surface area contributed by atoms with Crippen LogP contribution in [0.4, 0.5) is 5.69 Å². The first kappa shape index (κ1) is 20.7. The van der Waals surface area contributed by atoms with Crippen LogP contribution in [0.3, 0.4) is 0 Å². The average Bonchev–Trinajstić information content (AvgIpc) is 3.17. The first-order chi connectivity index (χ1) is 14.2. The van der Waals surface area contributed by atoms with Crippen molar-refractivity contribution >= 4 is 23.6 Å². The molecule has 1 N–H and O–H groups in total. The number of rotatable bonds is 5. The van der Waals surface area contributed by atoms with Crippen LogP contribution in [0.25, 0.3) is 17.4 Å². The van der Waals surface area contributed by atoms with Crippen LogP contribution >= 0.6 is 0 Å². The number of β-amino-alcohol motifs (C(OH)–C–C–N with tert-alkyl or cyclic N) is 1. The Morgan fingerprint density at radius 1 is 1.23 bits per heavy atom. The lowest BCUT2D eigenvalue weighted by atomic mass is 9.94. The van der Waals surface area contributed by atoms with Crippen molar-refractivity contribution in [2.75, 3.05) is 6.54 Å². The number of nitriles is 1. The maximum atomic E-state index is 12.8. The van der Waals surface area contributed by atoms with Crippen LogP contribution in [0.2, 0.25) is 0 Å². The summed E-state index contributed by atoms with van der Waals surface area (Å²) in [5.74, 6) is -0.650. The highest BCUT2D eigenvalue weighted by atomic mass is 16.6. The van der Waals surface area contributed by atoms with Gasteiger partial charge in [0.1, 0.15) is 23.2 Å². The Balaban J connectivity index is 1.98. The quantitative estimate of drug-likeness (QED) is 0.348.